The minimum absolute atomic E-state index is 0.140. The van der Waals surface area contributed by atoms with Crippen LogP contribution in [0.2, 0.25) is 0 Å². The molecule has 2 rings (SSSR count). The molecule has 0 aliphatic carbocycles. The number of unbranched alkanes of at least 4 members (excludes halogenated alkanes) is 1. The van der Waals surface area contributed by atoms with Crippen molar-refractivity contribution in [3.63, 3.8) is 0 Å². The number of hydrogen-bond donors (Lipinski definition) is 1. The van der Waals surface area contributed by atoms with Gasteiger partial charge in [0.2, 0.25) is 0 Å². The molecule has 0 fully saturated rings. The van der Waals surface area contributed by atoms with E-state index >= 15 is 0 Å². The second kappa shape index (κ2) is 7.25. The minimum Gasteiger partial charge on any atom is -0.351 e. The highest BCUT2D eigenvalue weighted by molar-refractivity contribution is 6.02. The Morgan fingerprint density at radius 2 is 2.00 bits per heavy atom. The van der Waals surface area contributed by atoms with Gasteiger partial charge in [-0.25, -0.2) is 0 Å². The van der Waals surface area contributed by atoms with Crippen molar-refractivity contribution in [2.24, 2.45) is 0 Å². The summed E-state index contributed by atoms with van der Waals surface area (Å²) in [6.45, 7) is 2.66. The lowest BCUT2D eigenvalue weighted by Gasteiger charge is -2.03. The number of rotatable bonds is 5. The predicted octanol–water partition coefficient (Wildman–Crippen LogP) is 3.66. The Bertz CT molecular complexity index is 710. The van der Waals surface area contributed by atoms with Gasteiger partial charge in [-0.2, -0.15) is 5.26 Å². The van der Waals surface area contributed by atoms with E-state index in [1.807, 2.05) is 48.5 Å². The molecule has 1 amide bonds. The molecule has 0 aromatic heterocycles. The van der Waals surface area contributed by atoms with Crippen LogP contribution in [0, 0.1) is 11.3 Å². The molecule has 0 radical (unpaired) electrons. The molecule has 2 aromatic rings. The van der Waals surface area contributed by atoms with Crippen LogP contribution in [0.15, 0.2) is 48.0 Å². The molecule has 3 heteroatoms. The molecule has 0 saturated heterocycles. The Balaban J connectivity index is 2.21. The van der Waals surface area contributed by atoms with Crippen LogP contribution in [0.1, 0.15) is 25.3 Å². The van der Waals surface area contributed by atoms with Crippen LogP contribution in [0.3, 0.4) is 0 Å². The second-order valence-electron chi connectivity index (χ2n) is 4.89. The van der Waals surface area contributed by atoms with Gasteiger partial charge in [-0.3, -0.25) is 4.79 Å². The highest BCUT2D eigenvalue weighted by Gasteiger charge is 2.08. The summed E-state index contributed by atoms with van der Waals surface area (Å²) in [7, 11) is 0. The summed E-state index contributed by atoms with van der Waals surface area (Å²) in [6, 6.07) is 15.9. The number of nitrogens with one attached hydrogen (secondary N) is 1. The molecule has 0 unspecified atom stereocenters. The van der Waals surface area contributed by atoms with Crippen LogP contribution in [0.25, 0.3) is 16.8 Å². The van der Waals surface area contributed by atoms with Crippen molar-refractivity contribution < 1.29 is 4.79 Å². The van der Waals surface area contributed by atoms with Gasteiger partial charge in [0, 0.05) is 6.54 Å². The van der Waals surface area contributed by atoms with Crippen LogP contribution in [-0.4, -0.2) is 12.5 Å². The third-order valence-electron chi connectivity index (χ3n) is 3.27. The molecule has 3 nitrogen and oxygen atoms in total. The molecule has 0 saturated carbocycles. The summed E-state index contributed by atoms with van der Waals surface area (Å²) >= 11 is 0. The zero-order chi connectivity index (χ0) is 15.1. The first-order chi connectivity index (χ1) is 10.2. The normalized spacial score (nSPS) is 11.1. The number of nitrogens with zero attached hydrogens (tertiary/aromatic N) is 1. The number of carbonyl (C=O) groups excluding carboxylic acids is 1. The molecule has 0 heterocycles. The standard InChI is InChI=1S/C18H18N2O/c1-2-3-10-20-18(21)17(13-19)12-14-8-9-15-6-4-5-7-16(15)11-14/h4-9,11-12H,2-3,10H2,1H3,(H,20,21)/b17-12+. The van der Waals surface area contributed by atoms with Crippen LogP contribution in [0.5, 0.6) is 0 Å². The lowest BCUT2D eigenvalue weighted by molar-refractivity contribution is -0.117. The number of hydrogen-bond acceptors (Lipinski definition) is 2. The molecule has 0 spiro atoms. The van der Waals surface area contributed by atoms with Crippen molar-refractivity contribution in [1.29, 1.82) is 5.26 Å². The van der Waals surface area contributed by atoms with E-state index in [0.29, 0.717) is 6.54 Å². The number of carbonyl (C=O) groups is 1. The van der Waals surface area contributed by atoms with Crippen molar-refractivity contribution >= 4 is 22.8 Å². The fourth-order valence-electron chi connectivity index (χ4n) is 2.09. The first kappa shape index (κ1) is 14.8. The van der Waals surface area contributed by atoms with Gasteiger partial charge in [-0.1, -0.05) is 49.7 Å². The maximum absolute atomic E-state index is 11.9. The van der Waals surface area contributed by atoms with Crippen molar-refractivity contribution in [2.75, 3.05) is 6.54 Å². The third kappa shape index (κ3) is 3.93. The Labute approximate surface area is 124 Å². The molecular weight excluding hydrogens is 260 g/mol. The largest absolute Gasteiger partial charge is 0.351 e. The van der Waals surface area contributed by atoms with Gasteiger partial charge in [0.1, 0.15) is 11.6 Å². The second-order valence-corrected chi connectivity index (χ2v) is 4.89. The summed E-state index contributed by atoms with van der Waals surface area (Å²) in [5.41, 5.74) is 0.997. The van der Waals surface area contributed by atoms with E-state index in [1.165, 1.54) is 0 Å². The highest BCUT2D eigenvalue weighted by Crippen LogP contribution is 2.17. The van der Waals surface area contributed by atoms with E-state index < -0.39 is 0 Å². The first-order valence-corrected chi connectivity index (χ1v) is 7.13. The van der Waals surface area contributed by atoms with Gasteiger partial charge in [-0.15, -0.1) is 0 Å². The van der Waals surface area contributed by atoms with Gasteiger partial charge in [-0.05, 0) is 34.9 Å². The molecule has 0 bridgehead atoms. The third-order valence-corrected chi connectivity index (χ3v) is 3.27. The summed E-state index contributed by atoms with van der Waals surface area (Å²) in [4.78, 5) is 11.9. The van der Waals surface area contributed by atoms with Crippen molar-refractivity contribution in [2.45, 2.75) is 19.8 Å². The zero-order valence-corrected chi connectivity index (χ0v) is 12.1. The van der Waals surface area contributed by atoms with Crippen LogP contribution < -0.4 is 5.32 Å². The molecule has 0 aliphatic rings. The lowest BCUT2D eigenvalue weighted by atomic mass is 10.1. The van der Waals surface area contributed by atoms with E-state index in [9.17, 15) is 4.79 Å². The Kier molecular flexibility index (Phi) is 5.11. The minimum atomic E-state index is -0.306. The van der Waals surface area contributed by atoms with E-state index in [-0.39, 0.29) is 11.5 Å². The molecular formula is C18H18N2O. The summed E-state index contributed by atoms with van der Waals surface area (Å²) in [5.74, 6) is -0.306. The highest BCUT2D eigenvalue weighted by atomic mass is 16.1. The van der Waals surface area contributed by atoms with E-state index in [4.69, 9.17) is 5.26 Å². The Morgan fingerprint density at radius 3 is 2.71 bits per heavy atom. The van der Waals surface area contributed by atoms with Gasteiger partial charge >= 0.3 is 0 Å². The van der Waals surface area contributed by atoms with E-state index in [0.717, 1.165) is 29.2 Å². The van der Waals surface area contributed by atoms with Crippen LogP contribution >= 0.6 is 0 Å². The van der Waals surface area contributed by atoms with Gasteiger partial charge in [0.05, 0.1) is 0 Å². The smallest absolute Gasteiger partial charge is 0.261 e. The molecule has 1 N–H and O–H groups in total. The van der Waals surface area contributed by atoms with Crippen molar-refractivity contribution in [3.05, 3.63) is 53.6 Å². The van der Waals surface area contributed by atoms with Crippen LogP contribution in [-0.2, 0) is 4.79 Å². The van der Waals surface area contributed by atoms with Crippen molar-refractivity contribution in [3.8, 4) is 6.07 Å². The molecule has 21 heavy (non-hydrogen) atoms. The number of amides is 1. The topological polar surface area (TPSA) is 52.9 Å². The SMILES string of the molecule is CCCCNC(=O)/C(C#N)=C/c1ccc2ccccc2c1. The zero-order valence-electron chi connectivity index (χ0n) is 12.1. The van der Waals surface area contributed by atoms with Gasteiger partial charge in [0.15, 0.2) is 0 Å². The van der Waals surface area contributed by atoms with Gasteiger partial charge < -0.3 is 5.32 Å². The quantitative estimate of drug-likeness (QED) is 0.515. The lowest BCUT2D eigenvalue weighted by Crippen LogP contribution is -2.25. The monoisotopic (exact) mass is 278 g/mol. The molecule has 2 aromatic carbocycles. The maximum Gasteiger partial charge on any atom is 0.261 e. The summed E-state index contributed by atoms with van der Waals surface area (Å²) in [6.07, 6.45) is 3.56. The summed E-state index contributed by atoms with van der Waals surface area (Å²) in [5, 5.41) is 14.1. The number of benzene rings is 2. The fourth-order valence-corrected chi connectivity index (χ4v) is 2.09. The van der Waals surface area contributed by atoms with Crippen molar-refractivity contribution in [1.82, 2.24) is 5.32 Å². The Morgan fingerprint density at radius 1 is 1.24 bits per heavy atom. The summed E-state index contributed by atoms with van der Waals surface area (Å²) < 4.78 is 0. The number of nitriles is 1. The van der Waals surface area contributed by atoms with Crippen LogP contribution in [0.4, 0.5) is 0 Å². The molecule has 0 atom stereocenters. The maximum atomic E-state index is 11.9. The average Bonchev–Trinajstić information content (AvgIpc) is 2.52. The Hall–Kier alpha value is -2.60. The fraction of sp³-hybridized carbons (Fsp3) is 0.222. The molecule has 106 valence electrons. The predicted molar refractivity (Wildman–Crippen MR) is 85.5 cm³/mol. The number of fused-ring (bicyclic) bond motifs is 1. The van der Waals surface area contributed by atoms with E-state index in [1.54, 1.807) is 6.08 Å². The van der Waals surface area contributed by atoms with Gasteiger partial charge in [0.25, 0.3) is 5.91 Å². The first-order valence-electron chi connectivity index (χ1n) is 7.13. The average molecular weight is 278 g/mol. The molecule has 0 aliphatic heterocycles. The van der Waals surface area contributed by atoms with E-state index in [2.05, 4.69) is 12.2 Å².